The Morgan fingerprint density at radius 2 is 0.977 bits per heavy atom. The second-order valence-electron chi connectivity index (χ2n) is 11.4. The van der Waals surface area contributed by atoms with Crippen molar-refractivity contribution in [2.45, 2.75) is 0 Å². The highest BCUT2D eigenvalue weighted by Gasteiger charge is 2.16. The molecule has 0 fully saturated rings. The largest absolute Gasteiger partial charge is 0.265 e. The van der Waals surface area contributed by atoms with E-state index in [1.165, 1.54) is 65.2 Å². The van der Waals surface area contributed by atoms with Crippen molar-refractivity contribution >= 4 is 54.0 Å². The first-order valence-corrected chi connectivity index (χ1v) is 15.0. The SMILES string of the molecule is c1ccc2cc(-c3cc4c5ccccc5c5ncc(-c6ccc(-c7ccncc7)cc6)cc5c4c4ccccc34)ccc2c1. The minimum absolute atomic E-state index is 1.04. The van der Waals surface area contributed by atoms with E-state index in [1.807, 2.05) is 30.7 Å². The van der Waals surface area contributed by atoms with Crippen LogP contribution in [0.4, 0.5) is 0 Å². The maximum atomic E-state index is 5.13. The Morgan fingerprint density at radius 1 is 0.364 bits per heavy atom. The zero-order valence-corrected chi connectivity index (χ0v) is 23.9. The van der Waals surface area contributed by atoms with Crippen molar-refractivity contribution in [3.8, 4) is 33.4 Å². The van der Waals surface area contributed by atoms with E-state index in [2.05, 4.69) is 132 Å². The van der Waals surface area contributed by atoms with Gasteiger partial charge in [-0.05, 0) is 95.9 Å². The van der Waals surface area contributed by atoms with Gasteiger partial charge >= 0.3 is 0 Å². The van der Waals surface area contributed by atoms with Gasteiger partial charge in [0.15, 0.2) is 0 Å². The number of pyridine rings is 2. The molecular formula is C42H26N2. The zero-order chi connectivity index (χ0) is 29.0. The number of nitrogens with zero attached hydrogens (tertiary/aromatic N) is 2. The molecule has 0 aliphatic rings. The summed E-state index contributed by atoms with van der Waals surface area (Å²) in [5, 5.41) is 11.1. The molecule has 2 aromatic heterocycles. The van der Waals surface area contributed by atoms with Crippen LogP contribution in [-0.2, 0) is 0 Å². The number of fused-ring (bicyclic) bond motifs is 9. The van der Waals surface area contributed by atoms with Crippen LogP contribution >= 0.6 is 0 Å². The highest BCUT2D eigenvalue weighted by molar-refractivity contribution is 6.32. The molecule has 204 valence electrons. The Hall–Kier alpha value is -5.86. The summed E-state index contributed by atoms with van der Waals surface area (Å²) >= 11 is 0. The van der Waals surface area contributed by atoms with Crippen LogP contribution in [-0.4, -0.2) is 9.97 Å². The Bertz CT molecular complexity index is 2530. The smallest absolute Gasteiger partial charge is 0.0787 e. The Kier molecular flexibility index (Phi) is 5.54. The molecule has 0 atom stereocenters. The second kappa shape index (κ2) is 9.86. The van der Waals surface area contributed by atoms with Gasteiger partial charge in [-0.1, -0.05) is 109 Å². The lowest BCUT2D eigenvalue weighted by Gasteiger charge is -2.17. The Balaban J connectivity index is 1.33. The van der Waals surface area contributed by atoms with E-state index in [-0.39, 0.29) is 0 Å². The quantitative estimate of drug-likeness (QED) is 0.202. The van der Waals surface area contributed by atoms with Gasteiger partial charge in [0.05, 0.1) is 5.52 Å². The summed E-state index contributed by atoms with van der Waals surface area (Å²) in [7, 11) is 0. The molecule has 0 saturated heterocycles. The maximum absolute atomic E-state index is 5.13. The lowest BCUT2D eigenvalue weighted by atomic mass is 9.87. The normalized spacial score (nSPS) is 11.6. The molecule has 0 saturated carbocycles. The summed E-state index contributed by atoms with van der Waals surface area (Å²) in [5.41, 5.74) is 8.11. The number of rotatable bonds is 3. The van der Waals surface area contributed by atoms with Crippen LogP contribution in [0.3, 0.4) is 0 Å². The number of aromatic nitrogens is 2. The number of hydrogen-bond donors (Lipinski definition) is 0. The van der Waals surface area contributed by atoms with E-state index in [4.69, 9.17) is 4.98 Å². The average molecular weight is 559 g/mol. The molecule has 2 heterocycles. The molecule has 7 aromatic carbocycles. The van der Waals surface area contributed by atoms with E-state index in [0.29, 0.717) is 0 Å². The first kappa shape index (κ1) is 24.7. The number of hydrogen-bond acceptors (Lipinski definition) is 2. The molecule has 0 bridgehead atoms. The molecule has 0 amide bonds. The first-order chi connectivity index (χ1) is 21.8. The number of benzene rings is 7. The van der Waals surface area contributed by atoms with Crippen molar-refractivity contribution in [1.82, 2.24) is 9.97 Å². The topological polar surface area (TPSA) is 25.8 Å². The van der Waals surface area contributed by atoms with Gasteiger partial charge in [0.25, 0.3) is 0 Å². The second-order valence-corrected chi connectivity index (χ2v) is 11.4. The molecular weight excluding hydrogens is 532 g/mol. The standard InChI is InChI=1S/C42H26N2/c1-2-8-31-23-32(18-17-27(31)7-1)38-25-39-35-10-4-6-12-37(35)42-40(41(39)36-11-5-3-9-34(36)38)24-33(26-44-42)29-15-13-28(14-16-29)30-19-21-43-22-20-30/h1-26H. The Labute approximate surface area is 254 Å². The highest BCUT2D eigenvalue weighted by atomic mass is 14.7. The minimum Gasteiger partial charge on any atom is -0.265 e. The molecule has 0 spiro atoms. The van der Waals surface area contributed by atoms with Crippen LogP contribution in [0, 0.1) is 0 Å². The van der Waals surface area contributed by atoms with Gasteiger partial charge in [0, 0.05) is 34.9 Å². The summed E-state index contributed by atoms with van der Waals surface area (Å²) in [6.45, 7) is 0. The molecule has 0 N–H and O–H groups in total. The molecule has 9 aromatic rings. The van der Waals surface area contributed by atoms with Crippen molar-refractivity contribution in [1.29, 1.82) is 0 Å². The van der Waals surface area contributed by atoms with Gasteiger partial charge in [-0.25, -0.2) is 0 Å². The lowest BCUT2D eigenvalue weighted by Crippen LogP contribution is -1.91. The Morgan fingerprint density at radius 3 is 1.77 bits per heavy atom. The van der Waals surface area contributed by atoms with E-state index in [1.54, 1.807) is 0 Å². The van der Waals surface area contributed by atoms with Crippen molar-refractivity contribution in [3.05, 3.63) is 158 Å². The summed E-state index contributed by atoms with van der Waals surface area (Å²) < 4.78 is 0. The van der Waals surface area contributed by atoms with Gasteiger partial charge < -0.3 is 0 Å². The maximum Gasteiger partial charge on any atom is 0.0787 e. The fourth-order valence-electron chi connectivity index (χ4n) is 6.83. The predicted octanol–water partition coefficient (Wildman–Crippen LogP) is 11.2. The summed E-state index contributed by atoms with van der Waals surface area (Å²) in [5.74, 6) is 0. The van der Waals surface area contributed by atoms with Crippen molar-refractivity contribution in [2.75, 3.05) is 0 Å². The van der Waals surface area contributed by atoms with E-state index in [9.17, 15) is 0 Å². The molecule has 44 heavy (non-hydrogen) atoms. The van der Waals surface area contributed by atoms with Crippen LogP contribution in [0.1, 0.15) is 0 Å². The van der Waals surface area contributed by atoms with Crippen LogP contribution in [0.25, 0.3) is 87.4 Å². The molecule has 0 unspecified atom stereocenters. The average Bonchev–Trinajstić information content (AvgIpc) is 3.11. The molecule has 2 heteroatoms. The minimum atomic E-state index is 1.04. The third kappa shape index (κ3) is 3.89. The monoisotopic (exact) mass is 558 g/mol. The van der Waals surface area contributed by atoms with Gasteiger partial charge in [-0.15, -0.1) is 0 Å². The first-order valence-electron chi connectivity index (χ1n) is 15.0. The van der Waals surface area contributed by atoms with E-state index >= 15 is 0 Å². The molecule has 2 nitrogen and oxygen atoms in total. The fourth-order valence-corrected chi connectivity index (χ4v) is 6.83. The molecule has 0 aliphatic heterocycles. The van der Waals surface area contributed by atoms with Crippen LogP contribution in [0.5, 0.6) is 0 Å². The van der Waals surface area contributed by atoms with Crippen molar-refractivity contribution in [2.24, 2.45) is 0 Å². The van der Waals surface area contributed by atoms with E-state index < -0.39 is 0 Å². The van der Waals surface area contributed by atoms with Gasteiger partial charge in [0.1, 0.15) is 0 Å². The third-order valence-corrected chi connectivity index (χ3v) is 8.97. The summed E-state index contributed by atoms with van der Waals surface area (Å²) in [6, 6.07) is 50.5. The van der Waals surface area contributed by atoms with Crippen LogP contribution in [0.2, 0.25) is 0 Å². The highest BCUT2D eigenvalue weighted by Crippen LogP contribution is 2.43. The third-order valence-electron chi connectivity index (χ3n) is 8.97. The van der Waals surface area contributed by atoms with Gasteiger partial charge in [0.2, 0.25) is 0 Å². The molecule has 0 radical (unpaired) electrons. The fraction of sp³-hybridized carbons (Fsp3) is 0. The van der Waals surface area contributed by atoms with Gasteiger partial charge in [-0.2, -0.15) is 0 Å². The lowest BCUT2D eigenvalue weighted by molar-refractivity contribution is 1.33. The van der Waals surface area contributed by atoms with Crippen LogP contribution in [0.15, 0.2) is 158 Å². The van der Waals surface area contributed by atoms with Crippen molar-refractivity contribution < 1.29 is 0 Å². The van der Waals surface area contributed by atoms with E-state index in [0.717, 1.165) is 22.2 Å². The van der Waals surface area contributed by atoms with Gasteiger partial charge in [-0.3, -0.25) is 9.97 Å². The predicted molar refractivity (Wildman–Crippen MR) is 186 cm³/mol. The summed E-state index contributed by atoms with van der Waals surface area (Å²) in [4.78, 5) is 9.29. The molecule has 9 rings (SSSR count). The van der Waals surface area contributed by atoms with Crippen LogP contribution < -0.4 is 0 Å². The summed E-state index contributed by atoms with van der Waals surface area (Å²) in [6.07, 6.45) is 5.69. The van der Waals surface area contributed by atoms with Crippen molar-refractivity contribution in [3.63, 3.8) is 0 Å². The molecule has 0 aliphatic carbocycles. The zero-order valence-electron chi connectivity index (χ0n) is 23.9.